The summed E-state index contributed by atoms with van der Waals surface area (Å²) in [7, 11) is 1.58. The molecule has 3 aromatic heterocycles. The molecule has 9 heteroatoms. The molecule has 0 atom stereocenters. The number of hydrogen-bond acceptors (Lipinski definition) is 7. The molecular formula is C35H34N6O3. The fourth-order valence-electron chi connectivity index (χ4n) is 7.24. The summed E-state index contributed by atoms with van der Waals surface area (Å²) in [5, 5.41) is 3.37. The van der Waals surface area contributed by atoms with Crippen LogP contribution in [0.3, 0.4) is 0 Å². The molecular weight excluding hydrogens is 552 g/mol. The highest BCUT2D eigenvalue weighted by Gasteiger charge is 2.57. The van der Waals surface area contributed by atoms with Gasteiger partial charge in [-0.15, -0.1) is 0 Å². The van der Waals surface area contributed by atoms with Gasteiger partial charge >= 0.3 is 0 Å². The minimum absolute atomic E-state index is 0.00790. The first-order valence-corrected chi connectivity index (χ1v) is 14.9. The van der Waals surface area contributed by atoms with Gasteiger partial charge in [0.15, 0.2) is 5.78 Å². The van der Waals surface area contributed by atoms with Crippen LogP contribution in [0.2, 0.25) is 0 Å². The number of amides is 1. The highest BCUT2D eigenvalue weighted by Crippen LogP contribution is 2.57. The fraction of sp³-hybridized carbons (Fsp3) is 0.286. The molecule has 1 amide bonds. The molecule has 0 saturated heterocycles. The average molecular weight is 587 g/mol. The summed E-state index contributed by atoms with van der Waals surface area (Å²) in [6.07, 6.45) is 9.93. The number of fused-ring (bicyclic) bond motifs is 3. The zero-order valence-corrected chi connectivity index (χ0v) is 24.8. The Balaban J connectivity index is 1.18. The normalized spacial score (nSPS) is 20.6. The van der Waals surface area contributed by atoms with Crippen LogP contribution in [0.4, 0.5) is 5.82 Å². The molecule has 3 N–H and O–H groups in total. The van der Waals surface area contributed by atoms with Gasteiger partial charge in [-0.05, 0) is 68.9 Å². The SMILES string of the molecule is COc1ccccc1C(=O)NC12CCC(c3nc(-c4ccc(C(=O)Cc5cc(C)ccn5)cc4)c4c(N)nccn34)(CC1)C2. The van der Waals surface area contributed by atoms with Crippen molar-refractivity contribution in [3.63, 3.8) is 0 Å². The molecule has 0 unspecified atom stereocenters. The summed E-state index contributed by atoms with van der Waals surface area (Å²) in [5.74, 6) is 1.79. The van der Waals surface area contributed by atoms with Crippen LogP contribution in [-0.4, -0.2) is 43.7 Å². The van der Waals surface area contributed by atoms with Crippen molar-refractivity contribution in [3.05, 3.63) is 107 Å². The number of ketones is 1. The van der Waals surface area contributed by atoms with Gasteiger partial charge in [0, 0.05) is 46.4 Å². The van der Waals surface area contributed by atoms with E-state index in [0.717, 1.165) is 66.0 Å². The molecule has 5 aromatic rings. The van der Waals surface area contributed by atoms with Crippen molar-refractivity contribution in [1.29, 1.82) is 0 Å². The third-order valence-corrected chi connectivity index (χ3v) is 9.42. The molecule has 0 radical (unpaired) electrons. The number of pyridine rings is 1. The van der Waals surface area contributed by atoms with Gasteiger partial charge in [0.25, 0.3) is 5.91 Å². The summed E-state index contributed by atoms with van der Waals surface area (Å²) in [5.41, 5.74) is 11.3. The number of nitrogens with one attached hydrogen (secondary N) is 1. The Bertz CT molecular complexity index is 1900. The number of aryl methyl sites for hydroxylation is 1. The van der Waals surface area contributed by atoms with E-state index in [1.54, 1.807) is 31.6 Å². The summed E-state index contributed by atoms with van der Waals surface area (Å²) in [6, 6.07) is 18.7. The van der Waals surface area contributed by atoms with E-state index in [-0.39, 0.29) is 29.1 Å². The van der Waals surface area contributed by atoms with Crippen LogP contribution in [0.1, 0.15) is 69.9 Å². The summed E-state index contributed by atoms with van der Waals surface area (Å²) in [4.78, 5) is 40.3. The van der Waals surface area contributed by atoms with Gasteiger partial charge in [0.2, 0.25) is 0 Å². The lowest BCUT2D eigenvalue weighted by molar-refractivity contribution is 0.0897. The van der Waals surface area contributed by atoms with Crippen molar-refractivity contribution < 1.29 is 14.3 Å². The van der Waals surface area contributed by atoms with E-state index in [1.807, 2.05) is 61.7 Å². The lowest BCUT2D eigenvalue weighted by Gasteiger charge is -2.28. The highest BCUT2D eigenvalue weighted by molar-refractivity contribution is 5.98. The smallest absolute Gasteiger partial charge is 0.255 e. The summed E-state index contributed by atoms with van der Waals surface area (Å²) in [6.45, 7) is 1.99. The quantitative estimate of drug-likeness (QED) is 0.230. The van der Waals surface area contributed by atoms with E-state index in [2.05, 4.69) is 19.7 Å². The van der Waals surface area contributed by atoms with Gasteiger partial charge in [0.1, 0.15) is 28.6 Å². The van der Waals surface area contributed by atoms with Crippen LogP contribution in [0.25, 0.3) is 16.8 Å². The van der Waals surface area contributed by atoms with Crippen LogP contribution < -0.4 is 15.8 Å². The number of imidazole rings is 1. The molecule has 0 aliphatic heterocycles. The van der Waals surface area contributed by atoms with Gasteiger partial charge in [-0.1, -0.05) is 36.4 Å². The predicted molar refractivity (Wildman–Crippen MR) is 168 cm³/mol. The van der Waals surface area contributed by atoms with E-state index < -0.39 is 0 Å². The first-order chi connectivity index (χ1) is 21.3. The Morgan fingerprint density at radius 2 is 1.77 bits per heavy atom. The standard InChI is InChI=1S/C35H34N6O3/c1-22-11-16-37-25(19-22)20-27(42)23-7-9-24(10-8-23)29-30-31(36)38-17-18-41(30)33(39-29)34-12-14-35(21-34,15-13-34)40-32(43)26-5-3-4-6-28(26)44-2/h3-11,16-19H,12-15,20-21H2,1-2H3,(H2,36,38)(H,40,43). The number of rotatable bonds is 8. The highest BCUT2D eigenvalue weighted by atomic mass is 16.5. The largest absolute Gasteiger partial charge is 0.496 e. The van der Waals surface area contributed by atoms with E-state index in [9.17, 15) is 9.59 Å². The molecule has 222 valence electrons. The number of hydrogen-bond donors (Lipinski definition) is 2. The van der Waals surface area contributed by atoms with Gasteiger partial charge in [-0.25, -0.2) is 9.97 Å². The fourth-order valence-corrected chi connectivity index (χ4v) is 7.24. The number of benzene rings is 2. The zero-order chi connectivity index (χ0) is 30.5. The molecule has 2 bridgehead atoms. The number of carbonyl (C=O) groups excluding carboxylic acids is 2. The zero-order valence-electron chi connectivity index (χ0n) is 24.8. The second-order valence-corrected chi connectivity index (χ2v) is 12.2. The number of nitrogens with two attached hydrogens (primary N) is 1. The van der Waals surface area contributed by atoms with Crippen molar-refractivity contribution in [3.8, 4) is 17.0 Å². The van der Waals surface area contributed by atoms with Crippen LogP contribution >= 0.6 is 0 Å². The second kappa shape index (κ2) is 10.6. The first-order valence-electron chi connectivity index (χ1n) is 14.9. The maximum absolute atomic E-state index is 13.4. The molecule has 7 rings (SSSR count). The lowest BCUT2D eigenvalue weighted by atomic mass is 9.83. The molecule has 3 heterocycles. The summed E-state index contributed by atoms with van der Waals surface area (Å²) < 4.78 is 7.51. The molecule has 2 saturated carbocycles. The number of methoxy groups -OCH3 is 1. The van der Waals surface area contributed by atoms with Crippen molar-refractivity contribution >= 4 is 23.0 Å². The van der Waals surface area contributed by atoms with Crippen molar-refractivity contribution in [2.24, 2.45) is 0 Å². The molecule has 2 fully saturated rings. The number of anilines is 1. The minimum Gasteiger partial charge on any atom is -0.496 e. The average Bonchev–Trinajstić information content (AvgIpc) is 3.72. The third-order valence-electron chi connectivity index (χ3n) is 9.42. The number of carbonyl (C=O) groups is 2. The number of ether oxygens (including phenoxy) is 1. The maximum atomic E-state index is 13.4. The van der Waals surface area contributed by atoms with Crippen molar-refractivity contribution in [2.75, 3.05) is 12.8 Å². The molecule has 2 aliphatic carbocycles. The number of Topliss-reactive ketones (excluding diaryl/α,β-unsaturated/α-hetero) is 1. The van der Waals surface area contributed by atoms with Crippen molar-refractivity contribution in [2.45, 2.75) is 56.4 Å². The van der Waals surface area contributed by atoms with E-state index in [1.165, 1.54) is 0 Å². The summed E-state index contributed by atoms with van der Waals surface area (Å²) >= 11 is 0. The Labute approximate surface area is 255 Å². The van der Waals surface area contributed by atoms with Gasteiger partial charge in [-0.2, -0.15) is 0 Å². The molecule has 2 aliphatic rings. The van der Waals surface area contributed by atoms with Crippen LogP contribution in [0.15, 0.2) is 79.3 Å². The predicted octanol–water partition coefficient (Wildman–Crippen LogP) is 5.50. The number of nitrogen functional groups attached to an aromatic ring is 1. The van der Waals surface area contributed by atoms with Gasteiger partial charge < -0.3 is 15.8 Å². The number of para-hydroxylation sites is 1. The third kappa shape index (κ3) is 4.69. The Hall–Kier alpha value is -5.05. The Kier molecular flexibility index (Phi) is 6.68. The van der Waals surface area contributed by atoms with E-state index in [4.69, 9.17) is 15.5 Å². The van der Waals surface area contributed by atoms with E-state index >= 15 is 0 Å². The Morgan fingerprint density at radius 1 is 1.00 bits per heavy atom. The van der Waals surface area contributed by atoms with Crippen LogP contribution in [0.5, 0.6) is 5.75 Å². The van der Waals surface area contributed by atoms with Crippen molar-refractivity contribution in [1.82, 2.24) is 24.7 Å². The number of nitrogens with zero attached hydrogens (tertiary/aromatic N) is 4. The van der Waals surface area contributed by atoms with Gasteiger partial charge in [0.05, 0.1) is 19.1 Å². The molecule has 9 nitrogen and oxygen atoms in total. The Morgan fingerprint density at radius 3 is 2.52 bits per heavy atom. The topological polar surface area (TPSA) is 124 Å². The first kappa shape index (κ1) is 27.8. The van der Waals surface area contributed by atoms with Gasteiger partial charge in [-0.3, -0.25) is 19.0 Å². The second-order valence-electron chi connectivity index (χ2n) is 12.2. The number of aromatic nitrogens is 4. The van der Waals surface area contributed by atoms with Crippen LogP contribution in [-0.2, 0) is 11.8 Å². The minimum atomic E-state index is -0.309. The van der Waals surface area contributed by atoms with E-state index in [0.29, 0.717) is 22.7 Å². The monoisotopic (exact) mass is 586 g/mol. The molecule has 0 spiro atoms. The van der Waals surface area contributed by atoms with Crippen LogP contribution in [0, 0.1) is 6.92 Å². The maximum Gasteiger partial charge on any atom is 0.255 e. The lowest BCUT2D eigenvalue weighted by Crippen LogP contribution is -2.45. The molecule has 2 aromatic carbocycles. The molecule has 44 heavy (non-hydrogen) atoms.